The molecule has 0 heterocycles. The Kier molecular flexibility index (Phi) is 8.19. The minimum Gasteiger partial charge on any atom is -0.456 e. The van der Waals surface area contributed by atoms with Gasteiger partial charge in [0.15, 0.2) is 6.61 Å². The van der Waals surface area contributed by atoms with Crippen LogP contribution in [0.2, 0.25) is 0 Å². The molecule has 2 amide bonds. The van der Waals surface area contributed by atoms with Crippen molar-refractivity contribution in [1.82, 2.24) is 0 Å². The van der Waals surface area contributed by atoms with Gasteiger partial charge in [-0.1, -0.05) is 31.9 Å². The van der Waals surface area contributed by atoms with Gasteiger partial charge in [0.2, 0.25) is 5.91 Å². The van der Waals surface area contributed by atoms with Crippen LogP contribution in [0.1, 0.15) is 24.0 Å². The van der Waals surface area contributed by atoms with E-state index in [-0.39, 0.29) is 18.7 Å². The van der Waals surface area contributed by atoms with E-state index in [0.717, 1.165) is 20.1 Å². The lowest BCUT2D eigenvalue weighted by Gasteiger charge is -2.11. The molecule has 2 N–H and O–H groups in total. The Bertz CT molecular complexity index is 883. The number of amides is 2. The molecular weight excluding hydrogens is 492 g/mol. The third-order valence-corrected chi connectivity index (χ3v) is 5.21. The van der Waals surface area contributed by atoms with Gasteiger partial charge in [-0.2, -0.15) is 0 Å². The van der Waals surface area contributed by atoms with Crippen LogP contribution in [-0.2, 0) is 19.1 Å². The lowest BCUT2D eigenvalue weighted by molar-refractivity contribution is -0.147. The van der Waals surface area contributed by atoms with E-state index in [1.54, 1.807) is 24.3 Å². The second kappa shape index (κ2) is 10.4. The Morgan fingerprint density at radius 2 is 1.57 bits per heavy atom. The maximum atomic E-state index is 12.0. The fourth-order valence-electron chi connectivity index (χ4n) is 2.29. The minimum atomic E-state index is -0.607. The molecular formula is C20H20Br2N2O4. The molecule has 0 fully saturated rings. The number of ether oxygens (including phenoxy) is 1. The largest absolute Gasteiger partial charge is 0.456 e. The summed E-state index contributed by atoms with van der Waals surface area (Å²) in [4.78, 5) is 35.6. The third kappa shape index (κ3) is 7.09. The summed E-state index contributed by atoms with van der Waals surface area (Å²) in [5.74, 6) is -1.34. The molecule has 0 aliphatic carbocycles. The van der Waals surface area contributed by atoms with Gasteiger partial charge in [-0.3, -0.25) is 14.4 Å². The lowest BCUT2D eigenvalue weighted by Crippen LogP contribution is -2.22. The van der Waals surface area contributed by atoms with E-state index in [0.29, 0.717) is 11.4 Å². The average Bonchev–Trinajstić information content (AvgIpc) is 2.64. The number of anilines is 2. The van der Waals surface area contributed by atoms with Crippen molar-refractivity contribution in [2.75, 3.05) is 17.2 Å². The van der Waals surface area contributed by atoms with Crippen LogP contribution in [0.15, 0.2) is 45.3 Å². The van der Waals surface area contributed by atoms with Crippen LogP contribution in [0.3, 0.4) is 0 Å². The molecule has 0 bridgehead atoms. The zero-order chi connectivity index (χ0) is 20.7. The topological polar surface area (TPSA) is 84.5 Å². The Labute approximate surface area is 180 Å². The van der Waals surface area contributed by atoms with Crippen LogP contribution in [0, 0.1) is 13.8 Å². The average molecular weight is 512 g/mol. The highest BCUT2D eigenvalue weighted by Crippen LogP contribution is 2.24. The van der Waals surface area contributed by atoms with E-state index < -0.39 is 18.5 Å². The summed E-state index contributed by atoms with van der Waals surface area (Å²) in [6.07, 6.45) is -0.131. The number of carbonyl (C=O) groups is 3. The standard InChI is InChI=1S/C20H20Br2N2O4/c1-12-10-17(13(2)9-16(12)22)24-19(26)11-28-20(27)8-7-18(25)23-15-5-3-14(21)4-6-15/h3-6,9-10H,7-8,11H2,1-2H3,(H,23,25)(H,24,26). The number of hydrogen-bond donors (Lipinski definition) is 2. The van der Waals surface area contributed by atoms with E-state index in [4.69, 9.17) is 4.74 Å². The van der Waals surface area contributed by atoms with Crippen LogP contribution in [0.5, 0.6) is 0 Å². The summed E-state index contributed by atoms with van der Waals surface area (Å²) < 4.78 is 6.80. The first-order valence-electron chi connectivity index (χ1n) is 8.52. The predicted octanol–water partition coefficient (Wildman–Crippen LogP) is 4.73. The van der Waals surface area contributed by atoms with Gasteiger partial charge in [-0.15, -0.1) is 0 Å². The van der Waals surface area contributed by atoms with Crippen molar-refractivity contribution in [2.45, 2.75) is 26.7 Å². The van der Waals surface area contributed by atoms with Crippen molar-refractivity contribution in [1.29, 1.82) is 0 Å². The maximum Gasteiger partial charge on any atom is 0.306 e. The van der Waals surface area contributed by atoms with Gasteiger partial charge in [-0.05, 0) is 61.4 Å². The number of rotatable bonds is 7. The Hall–Kier alpha value is -2.19. The summed E-state index contributed by atoms with van der Waals surface area (Å²) in [6, 6.07) is 10.8. The maximum absolute atomic E-state index is 12.0. The van der Waals surface area contributed by atoms with E-state index in [1.807, 2.05) is 26.0 Å². The van der Waals surface area contributed by atoms with Crippen LogP contribution in [-0.4, -0.2) is 24.4 Å². The summed E-state index contributed by atoms with van der Waals surface area (Å²) >= 11 is 6.75. The first kappa shape index (κ1) is 22.1. The zero-order valence-electron chi connectivity index (χ0n) is 15.5. The van der Waals surface area contributed by atoms with Gasteiger partial charge in [0, 0.05) is 26.7 Å². The van der Waals surface area contributed by atoms with Crippen molar-refractivity contribution in [2.24, 2.45) is 0 Å². The minimum absolute atomic E-state index is 0.0263. The van der Waals surface area contributed by atoms with Crippen LogP contribution >= 0.6 is 31.9 Å². The number of nitrogens with one attached hydrogen (secondary N) is 2. The van der Waals surface area contributed by atoms with E-state index in [1.165, 1.54) is 0 Å². The number of esters is 1. The van der Waals surface area contributed by atoms with Gasteiger partial charge >= 0.3 is 5.97 Å². The molecule has 0 radical (unpaired) electrons. The Balaban J connectivity index is 1.73. The fourth-order valence-corrected chi connectivity index (χ4v) is 3.01. The molecule has 0 unspecified atom stereocenters. The van der Waals surface area contributed by atoms with E-state index in [9.17, 15) is 14.4 Å². The van der Waals surface area contributed by atoms with Gasteiger partial charge in [-0.25, -0.2) is 0 Å². The van der Waals surface area contributed by atoms with Crippen molar-refractivity contribution < 1.29 is 19.1 Å². The lowest BCUT2D eigenvalue weighted by atomic mass is 10.1. The van der Waals surface area contributed by atoms with E-state index >= 15 is 0 Å². The number of hydrogen-bond acceptors (Lipinski definition) is 4. The smallest absolute Gasteiger partial charge is 0.306 e. The van der Waals surface area contributed by atoms with Crippen molar-refractivity contribution in [3.8, 4) is 0 Å². The molecule has 28 heavy (non-hydrogen) atoms. The molecule has 0 saturated carbocycles. The normalized spacial score (nSPS) is 10.3. The second-order valence-electron chi connectivity index (χ2n) is 6.18. The number of halogens is 2. The Morgan fingerprint density at radius 1 is 0.893 bits per heavy atom. The molecule has 8 heteroatoms. The van der Waals surface area contributed by atoms with Gasteiger partial charge in [0.1, 0.15) is 0 Å². The molecule has 2 rings (SSSR count). The molecule has 0 saturated heterocycles. The monoisotopic (exact) mass is 510 g/mol. The highest BCUT2D eigenvalue weighted by Gasteiger charge is 2.12. The summed E-state index contributed by atoms with van der Waals surface area (Å²) in [5.41, 5.74) is 3.17. The van der Waals surface area contributed by atoms with Gasteiger partial charge < -0.3 is 15.4 Å². The SMILES string of the molecule is Cc1cc(NC(=O)COC(=O)CCC(=O)Nc2ccc(Br)cc2)c(C)cc1Br. The summed E-state index contributed by atoms with van der Waals surface area (Å²) in [6.45, 7) is 3.39. The fraction of sp³-hybridized carbons (Fsp3) is 0.250. The highest BCUT2D eigenvalue weighted by atomic mass is 79.9. The molecule has 0 aliphatic rings. The highest BCUT2D eigenvalue weighted by molar-refractivity contribution is 9.10. The van der Waals surface area contributed by atoms with Crippen molar-refractivity contribution >= 4 is 61.0 Å². The zero-order valence-corrected chi connectivity index (χ0v) is 18.6. The van der Waals surface area contributed by atoms with Crippen molar-refractivity contribution in [3.05, 3.63) is 56.5 Å². The molecule has 0 spiro atoms. The van der Waals surface area contributed by atoms with E-state index in [2.05, 4.69) is 42.5 Å². The van der Waals surface area contributed by atoms with Gasteiger partial charge in [0.05, 0.1) is 6.42 Å². The summed E-state index contributed by atoms with van der Waals surface area (Å²) in [5, 5.41) is 5.40. The molecule has 0 aromatic heterocycles. The third-order valence-electron chi connectivity index (χ3n) is 3.83. The quantitative estimate of drug-likeness (QED) is 0.526. The summed E-state index contributed by atoms with van der Waals surface area (Å²) in [7, 11) is 0. The van der Waals surface area contributed by atoms with Crippen molar-refractivity contribution in [3.63, 3.8) is 0 Å². The predicted molar refractivity (Wildman–Crippen MR) is 115 cm³/mol. The molecule has 6 nitrogen and oxygen atoms in total. The first-order valence-corrected chi connectivity index (χ1v) is 10.1. The molecule has 148 valence electrons. The van der Waals surface area contributed by atoms with Crippen LogP contribution < -0.4 is 10.6 Å². The first-order chi connectivity index (χ1) is 13.2. The number of carbonyl (C=O) groups excluding carboxylic acids is 3. The Morgan fingerprint density at radius 3 is 2.25 bits per heavy atom. The molecule has 0 aliphatic heterocycles. The molecule has 2 aromatic carbocycles. The second-order valence-corrected chi connectivity index (χ2v) is 7.95. The molecule has 2 aromatic rings. The van der Waals surface area contributed by atoms with Gasteiger partial charge in [0.25, 0.3) is 5.91 Å². The number of aryl methyl sites for hydroxylation is 2. The molecule has 0 atom stereocenters. The van der Waals surface area contributed by atoms with Crippen LogP contribution in [0.25, 0.3) is 0 Å². The van der Waals surface area contributed by atoms with Crippen LogP contribution in [0.4, 0.5) is 11.4 Å². The number of benzene rings is 2.